The van der Waals surface area contributed by atoms with Crippen molar-refractivity contribution in [3.8, 4) is 11.5 Å². The van der Waals surface area contributed by atoms with E-state index in [0.717, 1.165) is 10.5 Å². The molecule has 4 aromatic rings. The molecule has 0 spiro atoms. The first-order valence-corrected chi connectivity index (χ1v) is 17.9. The Morgan fingerprint density at radius 2 is 1.58 bits per heavy atom. The number of aromatic hydroxyl groups is 1. The molecule has 3 N–H and O–H groups in total. The Balaban J connectivity index is 1.36. The lowest BCUT2D eigenvalue weighted by Crippen LogP contribution is -2.58. The molecule has 260 valence electrons. The highest BCUT2D eigenvalue weighted by Gasteiger charge is 2.66. The van der Waals surface area contributed by atoms with E-state index in [1.54, 1.807) is 36.4 Å². The number of allylic oxidation sites excluding steroid dienone is 4. The topological polar surface area (TPSA) is 141 Å². The van der Waals surface area contributed by atoms with Crippen LogP contribution in [0.15, 0.2) is 119 Å². The van der Waals surface area contributed by atoms with Crippen LogP contribution in [0.3, 0.4) is 0 Å². The molecule has 0 bridgehead atoms. The number of carbonyl (C=O) groups is 4. The number of Topliss-reactive ketones (excluding diaryl/α,β-unsaturated/α-hetero) is 1. The molecule has 0 radical (unpaired) electrons. The van der Waals surface area contributed by atoms with Crippen LogP contribution in [-0.2, 0) is 24.6 Å². The van der Waals surface area contributed by atoms with Crippen molar-refractivity contribution in [2.24, 2.45) is 23.7 Å². The van der Waals surface area contributed by atoms with E-state index in [-0.39, 0.29) is 47.1 Å². The Labute approximate surface area is 308 Å². The summed E-state index contributed by atoms with van der Waals surface area (Å²) in [5.74, 6) is -5.20. The number of hydrogen-bond donors (Lipinski definition) is 3. The molecule has 6 atom stereocenters. The first-order valence-electron chi connectivity index (χ1n) is 17.1. The quantitative estimate of drug-likeness (QED) is 0.144. The normalized spacial score (nSPS) is 26.6. The summed E-state index contributed by atoms with van der Waals surface area (Å²) in [4.78, 5) is 60.1. The van der Waals surface area contributed by atoms with E-state index in [2.05, 4.69) is 15.9 Å². The van der Waals surface area contributed by atoms with Gasteiger partial charge in [-0.2, -0.15) is 0 Å². The maximum atomic E-state index is 15.2. The van der Waals surface area contributed by atoms with Gasteiger partial charge in [0.25, 0.3) is 0 Å². The van der Waals surface area contributed by atoms with Gasteiger partial charge in [-0.25, -0.2) is 0 Å². The Morgan fingerprint density at radius 3 is 2.27 bits per heavy atom. The van der Waals surface area contributed by atoms with Crippen molar-refractivity contribution in [3.63, 3.8) is 0 Å². The van der Waals surface area contributed by atoms with E-state index in [1.165, 1.54) is 25.3 Å². The van der Waals surface area contributed by atoms with Gasteiger partial charge in [-0.15, -0.1) is 0 Å². The summed E-state index contributed by atoms with van der Waals surface area (Å²) in [6.45, 7) is 0. The predicted octanol–water partition coefficient (Wildman–Crippen LogP) is 4.87. The molecular weight excluding hydrogens is 725 g/mol. The van der Waals surface area contributed by atoms with Crippen LogP contribution in [0.5, 0.6) is 11.5 Å². The fourth-order valence-corrected chi connectivity index (χ4v) is 9.70. The van der Waals surface area contributed by atoms with Crippen molar-refractivity contribution in [3.05, 3.63) is 136 Å². The molecule has 4 aromatic carbocycles. The number of methoxy groups -OCH3 is 1. The highest BCUT2D eigenvalue weighted by atomic mass is 79.9. The molecular formula is C41H33BBrNO8. The van der Waals surface area contributed by atoms with Crippen molar-refractivity contribution in [2.75, 3.05) is 12.0 Å². The molecule has 11 heteroatoms. The second-order valence-electron chi connectivity index (χ2n) is 13.8. The lowest BCUT2D eigenvalue weighted by molar-refractivity contribution is -0.135. The van der Waals surface area contributed by atoms with Gasteiger partial charge in [-0.05, 0) is 87.2 Å². The molecule has 0 unspecified atom stereocenters. The summed E-state index contributed by atoms with van der Waals surface area (Å²) in [6, 6.07) is 27.8. The maximum Gasteiger partial charge on any atom is 0.488 e. The molecule has 0 aromatic heterocycles. The van der Waals surface area contributed by atoms with Crippen LogP contribution >= 0.6 is 15.9 Å². The van der Waals surface area contributed by atoms with Gasteiger partial charge in [0.05, 0.1) is 34.5 Å². The maximum absolute atomic E-state index is 15.2. The third kappa shape index (κ3) is 4.98. The van der Waals surface area contributed by atoms with Crippen molar-refractivity contribution in [1.82, 2.24) is 0 Å². The van der Waals surface area contributed by atoms with Crippen molar-refractivity contribution >= 4 is 63.2 Å². The number of phenols is 1. The summed E-state index contributed by atoms with van der Waals surface area (Å²) >= 11 is 3.48. The minimum atomic E-state index is -1.79. The van der Waals surface area contributed by atoms with Gasteiger partial charge >= 0.3 is 7.12 Å². The number of rotatable bonds is 6. The van der Waals surface area contributed by atoms with Crippen LogP contribution in [0.2, 0.25) is 0 Å². The number of halogens is 1. The first kappa shape index (κ1) is 34.0. The smallest absolute Gasteiger partial charge is 0.488 e. The lowest BCUT2D eigenvalue weighted by Gasteiger charge is -2.55. The van der Waals surface area contributed by atoms with Crippen molar-refractivity contribution in [1.29, 1.82) is 0 Å². The van der Waals surface area contributed by atoms with Crippen LogP contribution in [0.25, 0.3) is 5.57 Å². The number of imide groups is 1. The van der Waals surface area contributed by atoms with E-state index < -0.39 is 53.9 Å². The number of phenolic OH excluding ortho intramolecular Hbond substituents is 1. The Hall–Kier alpha value is -5.10. The van der Waals surface area contributed by atoms with Crippen LogP contribution in [0.4, 0.5) is 5.69 Å². The second-order valence-corrected chi connectivity index (χ2v) is 14.7. The number of ketones is 2. The van der Waals surface area contributed by atoms with Crippen LogP contribution in [0.1, 0.15) is 35.4 Å². The molecule has 2 fully saturated rings. The molecule has 9 nitrogen and oxygen atoms in total. The summed E-state index contributed by atoms with van der Waals surface area (Å²) in [6.07, 6.45) is 3.77. The van der Waals surface area contributed by atoms with Gasteiger partial charge < -0.3 is 19.9 Å². The highest BCUT2D eigenvalue weighted by Crippen LogP contribution is 2.64. The van der Waals surface area contributed by atoms with Crippen LogP contribution in [-0.4, -0.2) is 52.8 Å². The predicted molar refractivity (Wildman–Crippen MR) is 198 cm³/mol. The summed E-state index contributed by atoms with van der Waals surface area (Å²) in [7, 11) is -0.363. The first-order chi connectivity index (χ1) is 25.1. The fourth-order valence-electron chi connectivity index (χ4n) is 9.24. The second kappa shape index (κ2) is 12.8. The highest BCUT2D eigenvalue weighted by molar-refractivity contribution is 9.10. The monoisotopic (exact) mass is 757 g/mol. The summed E-state index contributed by atoms with van der Waals surface area (Å²) in [5.41, 5.74) is 1.83. The van der Waals surface area contributed by atoms with E-state index in [1.807, 2.05) is 54.6 Å². The average molecular weight is 758 g/mol. The number of fused-ring (bicyclic) bond motifs is 4. The number of anilines is 1. The Kier molecular flexibility index (Phi) is 8.40. The average Bonchev–Trinajstić information content (AvgIpc) is 3.42. The standard InChI is InChI=1S/C41H33BBrNO8/c1-52-33-18-23(17-32(43)38(33)47)36-27-15-16-28-35(40(49)44(39(28)48)26-14-8-13-25(19-26)42(50)51)30(27)20-31-37(46)29(22-9-4-2-5-10-22)21-34(45)41(31,36)24-11-6-3-7-12-24/h2-15,17-19,21,28,30-31,35-36,47,50-51H,16,20H2,1H3/t28-,30+,31-,35-,36-,41-/m0/s1. The van der Waals surface area contributed by atoms with Crippen LogP contribution < -0.4 is 15.1 Å². The molecule has 4 aliphatic rings. The molecule has 1 saturated heterocycles. The molecule has 1 heterocycles. The van der Waals surface area contributed by atoms with Crippen LogP contribution in [0, 0.1) is 23.7 Å². The van der Waals surface area contributed by atoms with Gasteiger partial charge in [-0.1, -0.05) is 84.4 Å². The third-order valence-corrected chi connectivity index (χ3v) is 12.0. The number of nitrogens with zero attached hydrogens (tertiary/aromatic N) is 1. The number of amides is 2. The van der Waals surface area contributed by atoms with Gasteiger partial charge in [0.15, 0.2) is 23.1 Å². The lowest BCUT2D eigenvalue weighted by atomic mass is 9.44. The Bertz CT molecular complexity index is 2220. The van der Waals surface area contributed by atoms with E-state index in [0.29, 0.717) is 26.7 Å². The zero-order valence-corrected chi connectivity index (χ0v) is 29.6. The third-order valence-electron chi connectivity index (χ3n) is 11.4. The molecule has 1 saturated carbocycles. The van der Waals surface area contributed by atoms with Gasteiger partial charge in [-0.3, -0.25) is 24.1 Å². The largest absolute Gasteiger partial charge is 0.503 e. The zero-order chi connectivity index (χ0) is 36.5. The Morgan fingerprint density at radius 1 is 0.865 bits per heavy atom. The summed E-state index contributed by atoms with van der Waals surface area (Å²) in [5, 5.41) is 30.5. The van der Waals surface area contributed by atoms with Gasteiger partial charge in [0.1, 0.15) is 0 Å². The van der Waals surface area contributed by atoms with E-state index in [9.17, 15) is 24.7 Å². The van der Waals surface area contributed by atoms with E-state index in [4.69, 9.17) is 4.74 Å². The van der Waals surface area contributed by atoms with E-state index >= 15 is 9.59 Å². The van der Waals surface area contributed by atoms with Gasteiger partial charge in [0.2, 0.25) is 11.8 Å². The fraction of sp³-hybridized carbons (Fsp3) is 0.220. The molecule has 52 heavy (non-hydrogen) atoms. The number of ether oxygens (including phenoxy) is 1. The van der Waals surface area contributed by atoms with Gasteiger partial charge in [0, 0.05) is 17.4 Å². The molecule has 2 amide bonds. The molecule has 8 rings (SSSR count). The van der Waals surface area contributed by atoms with Crippen molar-refractivity contribution < 1.29 is 39.1 Å². The number of carbonyl (C=O) groups excluding carboxylic acids is 4. The number of hydrogen-bond acceptors (Lipinski definition) is 8. The zero-order valence-electron chi connectivity index (χ0n) is 28.0. The molecule has 1 aliphatic heterocycles. The van der Waals surface area contributed by atoms with Crippen molar-refractivity contribution in [2.45, 2.75) is 24.2 Å². The summed E-state index contributed by atoms with van der Waals surface area (Å²) < 4.78 is 5.91. The SMILES string of the molecule is COc1cc([C@H]2C3=CC[C@@H]4C(=O)N(c5cccc(B(O)O)c5)C(=O)[C@@H]4[C@@H]3C[C@H]3C(=O)C(c4ccccc4)=CC(=O)[C@@]23c2ccccc2)cc(Br)c1O. The molecule has 3 aliphatic carbocycles. The number of benzene rings is 4. The minimum absolute atomic E-state index is 0.124. The minimum Gasteiger partial charge on any atom is -0.503 e.